The zero-order chi connectivity index (χ0) is 37.3. The Hall–Kier alpha value is -5.75. The average molecular weight is 714 g/mol. The normalized spacial score (nSPS) is 12.4. The van der Waals surface area contributed by atoms with Gasteiger partial charge in [-0.1, -0.05) is 133 Å². The molecule has 0 radical (unpaired) electrons. The van der Waals surface area contributed by atoms with Crippen LogP contribution in [0.3, 0.4) is 0 Å². The second-order valence-electron chi connectivity index (χ2n) is 13.5. The quantitative estimate of drug-likeness (QED) is 0.0496. The lowest BCUT2D eigenvalue weighted by Crippen LogP contribution is -2.13. The lowest BCUT2D eigenvalue weighted by molar-refractivity contribution is -0.143. The predicted octanol–water partition coefficient (Wildman–Crippen LogP) is 11.4. The van der Waals surface area contributed by atoms with Crippen LogP contribution >= 0.6 is 0 Å². The van der Waals surface area contributed by atoms with Crippen LogP contribution in [0.15, 0.2) is 158 Å². The summed E-state index contributed by atoms with van der Waals surface area (Å²) in [6.45, 7) is 4.62. The fourth-order valence-corrected chi connectivity index (χ4v) is 7.58. The van der Waals surface area contributed by atoms with Gasteiger partial charge in [-0.2, -0.15) is 0 Å². The Bertz CT molecular complexity index is 2230. The third kappa shape index (κ3) is 8.08. The summed E-state index contributed by atoms with van der Waals surface area (Å²) in [5.41, 5.74) is 9.16. The molecule has 0 amide bonds. The minimum atomic E-state index is -0.757. The third-order valence-electron chi connectivity index (χ3n) is 10.1. The number of benzene rings is 7. The number of carbonyl (C=O) groups excluding carboxylic acids is 1. The van der Waals surface area contributed by atoms with Crippen LogP contribution in [0.25, 0.3) is 21.5 Å². The highest BCUT2D eigenvalue weighted by atomic mass is 16.6. The molecule has 0 aromatic heterocycles. The number of aryl methyl sites for hydroxylation is 2. The lowest BCUT2D eigenvalue weighted by atomic mass is 9.79. The molecule has 0 aliphatic heterocycles. The van der Waals surface area contributed by atoms with Crippen LogP contribution in [0.2, 0.25) is 0 Å². The molecule has 7 aromatic carbocycles. The van der Waals surface area contributed by atoms with E-state index in [4.69, 9.17) is 9.47 Å². The molecule has 7 rings (SSSR count). The van der Waals surface area contributed by atoms with Crippen molar-refractivity contribution in [2.45, 2.75) is 51.7 Å². The number of esters is 1. The molecule has 0 fully saturated rings. The molecular weight excluding hydrogens is 667 g/mol. The number of anilines is 3. The summed E-state index contributed by atoms with van der Waals surface area (Å²) in [6.07, 6.45) is 1.52. The van der Waals surface area contributed by atoms with Crippen molar-refractivity contribution in [1.82, 2.24) is 0 Å². The first-order chi connectivity index (χ1) is 26.6. The summed E-state index contributed by atoms with van der Waals surface area (Å²) in [5, 5.41) is 14.9. The number of para-hydroxylation sites is 1. The van der Waals surface area contributed by atoms with E-state index in [0.29, 0.717) is 32.5 Å². The topological polar surface area (TPSA) is 59.0 Å². The van der Waals surface area contributed by atoms with E-state index >= 15 is 0 Å². The Labute approximate surface area is 318 Å². The summed E-state index contributed by atoms with van der Waals surface area (Å²) in [5.74, 6) is -0.213. The van der Waals surface area contributed by atoms with Crippen LogP contribution in [0.4, 0.5) is 17.1 Å². The van der Waals surface area contributed by atoms with E-state index in [0.717, 1.165) is 39.8 Å². The lowest BCUT2D eigenvalue weighted by Gasteiger charge is -2.31. The summed E-state index contributed by atoms with van der Waals surface area (Å²) in [7, 11) is 0. The molecule has 0 bridgehead atoms. The van der Waals surface area contributed by atoms with E-state index in [2.05, 4.69) is 163 Å². The molecule has 0 spiro atoms. The smallest absolute Gasteiger partial charge is 0.306 e. The van der Waals surface area contributed by atoms with Crippen LogP contribution < -0.4 is 4.90 Å². The van der Waals surface area contributed by atoms with E-state index in [-0.39, 0.29) is 11.9 Å². The molecule has 0 saturated heterocycles. The first-order valence-electron chi connectivity index (χ1n) is 19.0. The SMILES string of the molecule is CCOC(=O)CCc1ccc(N(c2ccccc2)c2c3ccccc3c(C(c3ccccc3)c3ccc(CCC(O)OCC)cc3)c3ccccc23)cc1. The van der Waals surface area contributed by atoms with Crippen LogP contribution in [0.5, 0.6) is 0 Å². The second kappa shape index (κ2) is 17.4. The van der Waals surface area contributed by atoms with Gasteiger partial charge in [0.05, 0.1) is 12.3 Å². The first kappa shape index (κ1) is 36.6. The van der Waals surface area contributed by atoms with Crippen LogP contribution in [-0.2, 0) is 27.1 Å². The summed E-state index contributed by atoms with van der Waals surface area (Å²) in [4.78, 5) is 14.5. The van der Waals surface area contributed by atoms with Gasteiger partial charge in [0.25, 0.3) is 0 Å². The Morgan fingerprint density at radius 2 is 1.07 bits per heavy atom. The van der Waals surface area contributed by atoms with Crippen molar-refractivity contribution in [2.24, 2.45) is 0 Å². The summed E-state index contributed by atoms with van der Waals surface area (Å²) < 4.78 is 10.5. The molecule has 1 N–H and O–H groups in total. The Morgan fingerprint density at radius 1 is 0.574 bits per heavy atom. The van der Waals surface area contributed by atoms with Crippen molar-refractivity contribution in [3.8, 4) is 0 Å². The van der Waals surface area contributed by atoms with Gasteiger partial charge in [-0.3, -0.25) is 4.79 Å². The van der Waals surface area contributed by atoms with Gasteiger partial charge in [0, 0.05) is 47.5 Å². The molecule has 5 nitrogen and oxygen atoms in total. The van der Waals surface area contributed by atoms with Crippen molar-refractivity contribution in [3.63, 3.8) is 0 Å². The molecule has 0 aliphatic carbocycles. The minimum absolute atomic E-state index is 0.0398. The van der Waals surface area contributed by atoms with Gasteiger partial charge in [-0.15, -0.1) is 0 Å². The number of carbonyl (C=O) groups is 1. The van der Waals surface area contributed by atoms with Gasteiger partial charge in [0.1, 0.15) is 0 Å². The molecule has 0 saturated carbocycles. The molecule has 2 atom stereocenters. The average Bonchev–Trinajstić information content (AvgIpc) is 3.22. The van der Waals surface area contributed by atoms with Gasteiger partial charge < -0.3 is 19.5 Å². The Balaban J connectivity index is 1.40. The van der Waals surface area contributed by atoms with Crippen molar-refractivity contribution in [3.05, 3.63) is 186 Å². The number of hydrogen-bond acceptors (Lipinski definition) is 5. The van der Waals surface area contributed by atoms with Crippen molar-refractivity contribution in [2.75, 3.05) is 18.1 Å². The zero-order valence-electron chi connectivity index (χ0n) is 31.0. The summed E-state index contributed by atoms with van der Waals surface area (Å²) >= 11 is 0. The number of rotatable bonds is 15. The largest absolute Gasteiger partial charge is 0.466 e. The number of fused-ring (bicyclic) bond motifs is 2. The zero-order valence-corrected chi connectivity index (χ0v) is 31.0. The Morgan fingerprint density at radius 3 is 1.67 bits per heavy atom. The first-order valence-corrected chi connectivity index (χ1v) is 19.0. The van der Waals surface area contributed by atoms with E-state index in [1.54, 1.807) is 0 Å². The van der Waals surface area contributed by atoms with Crippen molar-refractivity contribution < 1.29 is 19.4 Å². The fourth-order valence-electron chi connectivity index (χ4n) is 7.58. The number of aliphatic hydroxyl groups excluding tert-OH is 1. The van der Waals surface area contributed by atoms with Gasteiger partial charge in [-0.25, -0.2) is 0 Å². The molecule has 7 aromatic rings. The maximum atomic E-state index is 12.1. The second-order valence-corrected chi connectivity index (χ2v) is 13.5. The monoisotopic (exact) mass is 713 g/mol. The van der Waals surface area contributed by atoms with Crippen LogP contribution in [0.1, 0.15) is 60.4 Å². The van der Waals surface area contributed by atoms with Gasteiger partial charge in [0.2, 0.25) is 0 Å². The van der Waals surface area contributed by atoms with Gasteiger partial charge in [-0.05, 0) is 89.5 Å². The molecule has 0 heterocycles. The number of hydrogen-bond donors (Lipinski definition) is 1. The minimum Gasteiger partial charge on any atom is -0.466 e. The fraction of sp³-hybridized carbons (Fsp3) is 0.204. The maximum absolute atomic E-state index is 12.1. The maximum Gasteiger partial charge on any atom is 0.306 e. The number of nitrogens with zero attached hydrogens (tertiary/aromatic N) is 1. The number of ether oxygens (including phenoxy) is 2. The van der Waals surface area contributed by atoms with Crippen molar-refractivity contribution >= 4 is 44.6 Å². The van der Waals surface area contributed by atoms with Gasteiger partial charge in [0.15, 0.2) is 6.29 Å². The Kier molecular flexibility index (Phi) is 11.8. The van der Waals surface area contributed by atoms with E-state index in [1.165, 1.54) is 33.0 Å². The van der Waals surface area contributed by atoms with Gasteiger partial charge >= 0.3 is 5.97 Å². The molecule has 5 heteroatoms. The molecule has 2 unspecified atom stereocenters. The third-order valence-corrected chi connectivity index (χ3v) is 10.1. The molecule has 0 aliphatic rings. The van der Waals surface area contributed by atoms with E-state index in [1.807, 2.05) is 13.8 Å². The summed E-state index contributed by atoms with van der Waals surface area (Å²) in [6, 6.07) is 56.3. The van der Waals surface area contributed by atoms with Crippen LogP contribution in [0, 0.1) is 0 Å². The van der Waals surface area contributed by atoms with E-state index in [9.17, 15) is 9.90 Å². The highest BCUT2D eigenvalue weighted by Crippen LogP contribution is 2.49. The predicted molar refractivity (Wildman–Crippen MR) is 221 cm³/mol. The molecule has 272 valence electrons. The van der Waals surface area contributed by atoms with Crippen LogP contribution in [-0.4, -0.2) is 30.6 Å². The molecule has 54 heavy (non-hydrogen) atoms. The van der Waals surface area contributed by atoms with Crippen molar-refractivity contribution in [1.29, 1.82) is 0 Å². The standard InChI is InChI=1S/C49H47NO4/c1-3-53-45(51)33-27-35-23-29-38(30-24-35)47(37-15-7-5-8-16-37)48-41-19-11-13-21-43(41)49(44-22-14-12-20-42(44)48)50(39-17-9-6-10-18-39)40-31-25-36(26-32-40)28-34-46(52)54-4-2/h5-26,29-32,45,47,51H,3-4,27-28,33-34H2,1-2H3. The van der Waals surface area contributed by atoms with E-state index < -0.39 is 6.29 Å². The highest BCUT2D eigenvalue weighted by molar-refractivity contribution is 6.17. The molecular formula is C49H47NO4. The number of aliphatic hydroxyl groups is 1. The highest BCUT2D eigenvalue weighted by Gasteiger charge is 2.27.